The van der Waals surface area contributed by atoms with Gasteiger partial charge in [-0.15, -0.1) is 0 Å². The van der Waals surface area contributed by atoms with Crippen molar-refractivity contribution in [3.63, 3.8) is 0 Å². The van der Waals surface area contributed by atoms with E-state index < -0.39 is 18.1 Å². The number of hydrogen-bond donors (Lipinski definition) is 1. The minimum atomic E-state index is -0.928. The molecule has 0 bridgehead atoms. The number of carbonyl (C=O) groups is 2. The van der Waals surface area contributed by atoms with E-state index in [1.54, 1.807) is 30.3 Å². The summed E-state index contributed by atoms with van der Waals surface area (Å²) in [4.78, 5) is 22.7. The van der Waals surface area contributed by atoms with Crippen molar-refractivity contribution >= 4 is 23.7 Å². The Balaban J connectivity index is 2.86. The molecular formula is C11H12ClNO4. The fourth-order valence-corrected chi connectivity index (χ4v) is 1.35. The van der Waals surface area contributed by atoms with Gasteiger partial charge in [0, 0.05) is 0 Å². The Kier molecular flexibility index (Phi) is 5.29. The lowest BCUT2D eigenvalue weighted by molar-refractivity contribution is -0.144. The van der Waals surface area contributed by atoms with Crippen LogP contribution in [0.25, 0.3) is 0 Å². The molecule has 1 aromatic carbocycles. The first-order chi connectivity index (χ1) is 8.19. The molecule has 1 rings (SSSR count). The number of alkyl carbamates (subject to hydrolysis) is 1. The van der Waals surface area contributed by atoms with Crippen LogP contribution in [-0.4, -0.2) is 25.2 Å². The van der Waals surface area contributed by atoms with Gasteiger partial charge in [0.1, 0.15) is 0 Å². The number of halogens is 1. The number of benzene rings is 1. The van der Waals surface area contributed by atoms with Crippen molar-refractivity contribution in [2.45, 2.75) is 6.04 Å². The van der Waals surface area contributed by atoms with E-state index in [4.69, 9.17) is 11.6 Å². The SMILES string of the molecule is COC(=O)N[C@H](C(=O)OCCl)c1ccccc1. The Hall–Kier alpha value is -1.75. The van der Waals surface area contributed by atoms with Crippen molar-refractivity contribution in [2.24, 2.45) is 0 Å². The van der Waals surface area contributed by atoms with E-state index >= 15 is 0 Å². The summed E-state index contributed by atoms with van der Waals surface area (Å²) in [6, 6.07) is 7.47. The number of alkyl halides is 1. The van der Waals surface area contributed by atoms with Crippen molar-refractivity contribution in [1.29, 1.82) is 0 Å². The lowest BCUT2D eigenvalue weighted by Gasteiger charge is -2.16. The van der Waals surface area contributed by atoms with Crippen LogP contribution in [0.5, 0.6) is 0 Å². The van der Waals surface area contributed by atoms with Crippen molar-refractivity contribution in [3.8, 4) is 0 Å². The fraction of sp³-hybridized carbons (Fsp3) is 0.273. The average molecular weight is 258 g/mol. The molecule has 5 nitrogen and oxygen atoms in total. The second-order valence-electron chi connectivity index (χ2n) is 3.05. The number of methoxy groups -OCH3 is 1. The molecule has 1 N–H and O–H groups in total. The molecule has 0 fully saturated rings. The summed E-state index contributed by atoms with van der Waals surface area (Å²) >= 11 is 5.31. The molecule has 0 aliphatic heterocycles. The van der Waals surface area contributed by atoms with Crippen LogP contribution in [-0.2, 0) is 14.3 Å². The number of hydrogen-bond acceptors (Lipinski definition) is 4. The predicted molar refractivity (Wildman–Crippen MR) is 61.5 cm³/mol. The molecule has 6 heteroatoms. The van der Waals surface area contributed by atoms with Crippen LogP contribution in [0.3, 0.4) is 0 Å². The van der Waals surface area contributed by atoms with Crippen molar-refractivity contribution in [1.82, 2.24) is 5.32 Å². The number of amides is 1. The van der Waals surface area contributed by atoms with E-state index in [9.17, 15) is 9.59 Å². The third kappa shape index (κ3) is 3.96. The van der Waals surface area contributed by atoms with E-state index in [-0.39, 0.29) is 6.07 Å². The van der Waals surface area contributed by atoms with Gasteiger partial charge in [-0.3, -0.25) is 0 Å². The lowest BCUT2D eigenvalue weighted by atomic mass is 10.1. The summed E-state index contributed by atoms with van der Waals surface area (Å²) in [5.74, 6) is -0.642. The molecule has 0 saturated carbocycles. The predicted octanol–water partition coefficient (Wildman–Crippen LogP) is 1.82. The second kappa shape index (κ2) is 6.75. The Labute approximate surface area is 104 Å². The van der Waals surface area contributed by atoms with Gasteiger partial charge in [-0.25, -0.2) is 9.59 Å². The third-order valence-corrected chi connectivity index (χ3v) is 2.12. The molecule has 0 radical (unpaired) electrons. The summed E-state index contributed by atoms with van der Waals surface area (Å²) in [6.45, 7) is 0. The molecule has 0 heterocycles. The first kappa shape index (κ1) is 13.3. The van der Waals surface area contributed by atoms with Crippen LogP contribution in [0.2, 0.25) is 0 Å². The zero-order chi connectivity index (χ0) is 12.7. The van der Waals surface area contributed by atoms with Crippen LogP contribution in [0.4, 0.5) is 4.79 Å². The highest BCUT2D eigenvalue weighted by Gasteiger charge is 2.24. The number of carbonyl (C=O) groups excluding carboxylic acids is 2. The van der Waals surface area contributed by atoms with E-state index in [1.807, 2.05) is 0 Å². The quantitative estimate of drug-likeness (QED) is 0.660. The standard InChI is InChI=1S/C11H12ClNO4/c1-16-11(15)13-9(10(14)17-7-12)8-5-3-2-4-6-8/h2-6,9H,7H2,1H3,(H,13,15)/t9-/m0/s1. The van der Waals surface area contributed by atoms with Gasteiger partial charge in [0.2, 0.25) is 0 Å². The van der Waals surface area contributed by atoms with E-state index in [2.05, 4.69) is 14.8 Å². The van der Waals surface area contributed by atoms with Gasteiger partial charge >= 0.3 is 12.1 Å². The van der Waals surface area contributed by atoms with Gasteiger partial charge in [0.15, 0.2) is 12.1 Å². The van der Waals surface area contributed by atoms with Gasteiger partial charge in [-0.1, -0.05) is 41.9 Å². The zero-order valence-electron chi connectivity index (χ0n) is 9.18. The number of ether oxygens (including phenoxy) is 2. The van der Waals surface area contributed by atoms with Crippen LogP contribution in [0.15, 0.2) is 30.3 Å². The van der Waals surface area contributed by atoms with Gasteiger partial charge in [0.25, 0.3) is 0 Å². The molecule has 0 aliphatic rings. The summed E-state index contributed by atoms with van der Waals surface area (Å²) < 4.78 is 9.10. The monoisotopic (exact) mass is 257 g/mol. The molecule has 17 heavy (non-hydrogen) atoms. The lowest BCUT2D eigenvalue weighted by Crippen LogP contribution is -2.34. The van der Waals surface area contributed by atoms with E-state index in [0.717, 1.165) is 0 Å². The first-order valence-electron chi connectivity index (χ1n) is 4.81. The fourth-order valence-electron chi connectivity index (χ4n) is 1.24. The van der Waals surface area contributed by atoms with E-state index in [1.165, 1.54) is 7.11 Å². The summed E-state index contributed by atoms with van der Waals surface area (Å²) in [5.41, 5.74) is 0.591. The largest absolute Gasteiger partial charge is 0.453 e. The highest BCUT2D eigenvalue weighted by atomic mass is 35.5. The van der Waals surface area contributed by atoms with Crippen molar-refractivity contribution in [3.05, 3.63) is 35.9 Å². The smallest absolute Gasteiger partial charge is 0.407 e. The molecule has 0 unspecified atom stereocenters. The molecule has 1 atom stereocenters. The number of rotatable bonds is 4. The maximum atomic E-state index is 11.6. The van der Waals surface area contributed by atoms with Crippen LogP contribution in [0.1, 0.15) is 11.6 Å². The van der Waals surface area contributed by atoms with E-state index in [0.29, 0.717) is 5.56 Å². The molecule has 0 aromatic heterocycles. The minimum absolute atomic E-state index is 0.273. The minimum Gasteiger partial charge on any atom is -0.453 e. The molecular weight excluding hydrogens is 246 g/mol. The third-order valence-electron chi connectivity index (χ3n) is 2.01. The molecule has 0 aliphatic carbocycles. The molecule has 0 spiro atoms. The average Bonchev–Trinajstić information content (AvgIpc) is 2.36. The maximum absolute atomic E-state index is 11.6. The van der Waals surface area contributed by atoms with Gasteiger partial charge in [-0.05, 0) is 5.56 Å². The van der Waals surface area contributed by atoms with Crippen LogP contribution >= 0.6 is 11.6 Å². The van der Waals surface area contributed by atoms with Crippen molar-refractivity contribution < 1.29 is 19.1 Å². The number of nitrogens with one attached hydrogen (secondary N) is 1. The Morgan fingerprint density at radius 3 is 2.53 bits per heavy atom. The van der Waals surface area contributed by atoms with Gasteiger partial charge < -0.3 is 14.8 Å². The van der Waals surface area contributed by atoms with Crippen LogP contribution in [0, 0.1) is 0 Å². The Bertz CT molecular complexity index is 382. The first-order valence-corrected chi connectivity index (χ1v) is 5.34. The number of esters is 1. The highest BCUT2D eigenvalue weighted by Crippen LogP contribution is 2.14. The second-order valence-corrected chi connectivity index (χ2v) is 3.27. The zero-order valence-corrected chi connectivity index (χ0v) is 9.94. The summed E-state index contributed by atoms with van der Waals surface area (Å²) in [7, 11) is 1.21. The summed E-state index contributed by atoms with van der Waals surface area (Å²) in [5, 5.41) is 2.37. The Morgan fingerprint density at radius 2 is 2.00 bits per heavy atom. The molecule has 92 valence electrons. The molecule has 1 aromatic rings. The van der Waals surface area contributed by atoms with Crippen LogP contribution < -0.4 is 5.32 Å². The highest BCUT2D eigenvalue weighted by molar-refractivity contribution is 6.17. The topological polar surface area (TPSA) is 64.6 Å². The summed E-state index contributed by atoms with van der Waals surface area (Å²) in [6.07, 6.45) is -0.717. The maximum Gasteiger partial charge on any atom is 0.407 e. The Morgan fingerprint density at radius 1 is 1.35 bits per heavy atom. The molecule has 0 saturated heterocycles. The molecule has 1 amide bonds. The van der Waals surface area contributed by atoms with Crippen molar-refractivity contribution in [2.75, 3.05) is 13.2 Å². The van der Waals surface area contributed by atoms with Gasteiger partial charge in [0.05, 0.1) is 7.11 Å². The normalized spacial score (nSPS) is 11.4. The van der Waals surface area contributed by atoms with Gasteiger partial charge in [-0.2, -0.15) is 0 Å².